The van der Waals surface area contributed by atoms with Crippen molar-refractivity contribution in [1.82, 2.24) is 4.90 Å². The normalized spacial score (nSPS) is 19.7. The minimum Gasteiger partial charge on any atom is -0.300 e. The fraction of sp³-hybridized carbons (Fsp3) is 0.786. The van der Waals surface area contributed by atoms with Crippen LogP contribution >= 0.6 is 0 Å². The summed E-state index contributed by atoms with van der Waals surface area (Å²) in [6, 6.07) is 0. The molecule has 0 aromatic heterocycles. The first kappa shape index (κ1) is 14.9. The van der Waals surface area contributed by atoms with Crippen molar-refractivity contribution in [2.45, 2.75) is 58.8 Å². The van der Waals surface area contributed by atoms with Gasteiger partial charge in [0, 0.05) is 25.3 Å². The van der Waals surface area contributed by atoms with E-state index in [0.29, 0.717) is 19.4 Å². The SMILES string of the molecule is CCCC1CC(=O)N(CCCCCC(C)=O)C1=O. The van der Waals surface area contributed by atoms with Crippen molar-refractivity contribution in [3.8, 4) is 0 Å². The quantitative estimate of drug-likeness (QED) is 0.492. The molecule has 1 heterocycles. The van der Waals surface area contributed by atoms with E-state index in [4.69, 9.17) is 0 Å². The fourth-order valence-electron chi connectivity index (χ4n) is 2.38. The van der Waals surface area contributed by atoms with Crippen molar-refractivity contribution in [3.63, 3.8) is 0 Å². The Morgan fingerprint density at radius 2 is 2.00 bits per heavy atom. The summed E-state index contributed by atoms with van der Waals surface area (Å²) in [5.41, 5.74) is 0. The van der Waals surface area contributed by atoms with Crippen molar-refractivity contribution in [1.29, 1.82) is 0 Å². The highest BCUT2D eigenvalue weighted by Gasteiger charge is 2.36. The van der Waals surface area contributed by atoms with Gasteiger partial charge in [0.15, 0.2) is 0 Å². The molecule has 1 atom stereocenters. The third kappa shape index (κ3) is 4.24. The van der Waals surface area contributed by atoms with E-state index in [1.165, 1.54) is 4.90 Å². The van der Waals surface area contributed by atoms with Crippen molar-refractivity contribution < 1.29 is 14.4 Å². The summed E-state index contributed by atoms with van der Waals surface area (Å²) in [7, 11) is 0. The number of Topliss-reactive ketones (excluding diaryl/α,β-unsaturated/α-hetero) is 1. The average molecular weight is 253 g/mol. The summed E-state index contributed by atoms with van der Waals surface area (Å²) in [6.45, 7) is 4.14. The van der Waals surface area contributed by atoms with Crippen LogP contribution < -0.4 is 0 Å². The maximum absolute atomic E-state index is 11.9. The van der Waals surface area contributed by atoms with Crippen molar-refractivity contribution >= 4 is 17.6 Å². The Balaban J connectivity index is 2.27. The highest BCUT2D eigenvalue weighted by molar-refractivity contribution is 6.03. The van der Waals surface area contributed by atoms with Gasteiger partial charge in [0.2, 0.25) is 11.8 Å². The zero-order valence-corrected chi connectivity index (χ0v) is 11.4. The number of hydrogen-bond donors (Lipinski definition) is 0. The first-order valence-electron chi connectivity index (χ1n) is 6.90. The molecule has 1 unspecified atom stereocenters. The van der Waals surface area contributed by atoms with Gasteiger partial charge in [0.25, 0.3) is 0 Å². The van der Waals surface area contributed by atoms with Crippen molar-refractivity contribution in [2.75, 3.05) is 6.54 Å². The molecule has 1 aliphatic rings. The first-order valence-corrected chi connectivity index (χ1v) is 6.90. The van der Waals surface area contributed by atoms with Gasteiger partial charge in [-0.1, -0.05) is 19.8 Å². The number of hydrogen-bond acceptors (Lipinski definition) is 3. The lowest BCUT2D eigenvalue weighted by Gasteiger charge is -2.14. The second kappa shape index (κ2) is 7.29. The van der Waals surface area contributed by atoms with Crippen LogP contribution in [-0.4, -0.2) is 29.0 Å². The van der Waals surface area contributed by atoms with Gasteiger partial charge in [-0.05, 0) is 26.2 Å². The predicted molar refractivity (Wildman–Crippen MR) is 68.9 cm³/mol. The second-order valence-electron chi connectivity index (χ2n) is 5.09. The van der Waals surface area contributed by atoms with Crippen LogP contribution in [0.15, 0.2) is 0 Å². The molecule has 0 radical (unpaired) electrons. The van der Waals surface area contributed by atoms with E-state index in [2.05, 4.69) is 0 Å². The zero-order chi connectivity index (χ0) is 13.5. The number of unbranched alkanes of at least 4 members (excludes halogenated alkanes) is 2. The number of carbonyl (C=O) groups excluding carboxylic acids is 3. The van der Waals surface area contributed by atoms with E-state index in [9.17, 15) is 14.4 Å². The van der Waals surface area contributed by atoms with Gasteiger partial charge in [-0.3, -0.25) is 14.5 Å². The lowest BCUT2D eigenvalue weighted by atomic mass is 10.0. The highest BCUT2D eigenvalue weighted by Crippen LogP contribution is 2.24. The Morgan fingerprint density at radius 1 is 1.28 bits per heavy atom. The van der Waals surface area contributed by atoms with Crippen LogP contribution in [0.3, 0.4) is 0 Å². The maximum atomic E-state index is 11.9. The molecule has 0 bridgehead atoms. The lowest BCUT2D eigenvalue weighted by Crippen LogP contribution is -2.31. The summed E-state index contributed by atoms with van der Waals surface area (Å²) in [6.07, 6.45) is 5.30. The van der Waals surface area contributed by atoms with Crippen LogP contribution in [0.1, 0.15) is 58.8 Å². The minimum atomic E-state index is -0.0836. The molecule has 102 valence electrons. The Kier molecular flexibility index (Phi) is 6.02. The summed E-state index contributed by atoms with van der Waals surface area (Å²) < 4.78 is 0. The van der Waals surface area contributed by atoms with E-state index < -0.39 is 0 Å². The summed E-state index contributed by atoms with van der Waals surface area (Å²) in [5, 5.41) is 0. The molecular weight excluding hydrogens is 230 g/mol. The number of imide groups is 1. The molecule has 1 fully saturated rings. The molecule has 1 rings (SSSR count). The third-order valence-corrected chi connectivity index (χ3v) is 3.39. The predicted octanol–water partition coefficient (Wildman–Crippen LogP) is 2.31. The summed E-state index contributed by atoms with van der Waals surface area (Å²) in [5.74, 6) is 0.101. The monoisotopic (exact) mass is 253 g/mol. The van der Waals surface area contributed by atoms with Crippen LogP contribution in [0.2, 0.25) is 0 Å². The summed E-state index contributed by atoms with van der Waals surface area (Å²) >= 11 is 0. The van der Waals surface area contributed by atoms with Gasteiger partial charge in [-0.15, -0.1) is 0 Å². The molecule has 0 aromatic rings. The Bertz CT molecular complexity index is 325. The average Bonchev–Trinajstić information content (AvgIpc) is 2.56. The molecule has 0 aliphatic carbocycles. The van der Waals surface area contributed by atoms with E-state index in [1.54, 1.807) is 6.92 Å². The zero-order valence-electron chi connectivity index (χ0n) is 11.4. The Hall–Kier alpha value is -1.19. The Labute approximate surface area is 109 Å². The fourth-order valence-corrected chi connectivity index (χ4v) is 2.38. The molecule has 4 heteroatoms. The summed E-state index contributed by atoms with van der Waals surface area (Å²) in [4.78, 5) is 35.8. The number of likely N-dealkylation sites (tertiary alicyclic amines) is 1. The van der Waals surface area contributed by atoms with Gasteiger partial charge in [-0.2, -0.15) is 0 Å². The van der Waals surface area contributed by atoms with Gasteiger partial charge in [-0.25, -0.2) is 0 Å². The topological polar surface area (TPSA) is 54.5 Å². The van der Waals surface area contributed by atoms with Crippen LogP contribution in [0.5, 0.6) is 0 Å². The van der Waals surface area contributed by atoms with Crippen LogP contribution in [-0.2, 0) is 14.4 Å². The van der Waals surface area contributed by atoms with Gasteiger partial charge in [0.1, 0.15) is 5.78 Å². The number of ketones is 1. The smallest absolute Gasteiger partial charge is 0.232 e. The molecule has 0 saturated carbocycles. The van der Waals surface area contributed by atoms with Crippen LogP contribution in [0, 0.1) is 5.92 Å². The van der Waals surface area contributed by atoms with E-state index in [1.807, 2.05) is 6.92 Å². The van der Waals surface area contributed by atoms with Gasteiger partial charge in [0.05, 0.1) is 0 Å². The second-order valence-corrected chi connectivity index (χ2v) is 5.09. The molecule has 0 spiro atoms. The van der Waals surface area contributed by atoms with Crippen molar-refractivity contribution in [3.05, 3.63) is 0 Å². The molecule has 18 heavy (non-hydrogen) atoms. The number of rotatable bonds is 8. The van der Waals surface area contributed by atoms with E-state index in [-0.39, 0.29) is 23.5 Å². The third-order valence-electron chi connectivity index (χ3n) is 3.39. The van der Waals surface area contributed by atoms with E-state index >= 15 is 0 Å². The standard InChI is InChI=1S/C14H23NO3/c1-3-7-12-10-13(17)15(14(12)18)9-6-4-5-8-11(2)16/h12H,3-10H2,1-2H3. The molecule has 0 N–H and O–H groups in total. The van der Waals surface area contributed by atoms with Gasteiger partial charge < -0.3 is 4.79 Å². The molecule has 1 saturated heterocycles. The maximum Gasteiger partial charge on any atom is 0.232 e. The van der Waals surface area contributed by atoms with E-state index in [0.717, 1.165) is 32.1 Å². The molecule has 0 aromatic carbocycles. The lowest BCUT2D eigenvalue weighted by molar-refractivity contribution is -0.139. The number of amides is 2. The molecular formula is C14H23NO3. The largest absolute Gasteiger partial charge is 0.300 e. The molecule has 2 amide bonds. The number of carbonyl (C=O) groups is 3. The van der Waals surface area contributed by atoms with Gasteiger partial charge >= 0.3 is 0 Å². The van der Waals surface area contributed by atoms with Crippen molar-refractivity contribution in [2.24, 2.45) is 5.92 Å². The number of nitrogens with zero attached hydrogens (tertiary/aromatic N) is 1. The van der Waals surface area contributed by atoms with Crippen LogP contribution in [0.25, 0.3) is 0 Å². The van der Waals surface area contributed by atoms with Crippen LogP contribution in [0.4, 0.5) is 0 Å². The first-order chi connectivity index (χ1) is 8.56. The Morgan fingerprint density at radius 3 is 2.61 bits per heavy atom. The molecule has 4 nitrogen and oxygen atoms in total. The minimum absolute atomic E-state index is 0.00779. The molecule has 1 aliphatic heterocycles. The highest BCUT2D eigenvalue weighted by atomic mass is 16.2.